The Balaban J connectivity index is 1.25. The molecule has 1 atom stereocenters. The molecule has 3 aliphatic rings. The third-order valence-electron chi connectivity index (χ3n) is 8.07. The minimum absolute atomic E-state index is 0.00502. The van der Waals surface area contributed by atoms with E-state index < -0.39 is 0 Å². The molecule has 6 heteroatoms. The molecule has 0 saturated carbocycles. The molecule has 1 fully saturated rings. The Morgan fingerprint density at radius 3 is 2.63 bits per heavy atom. The highest BCUT2D eigenvalue weighted by molar-refractivity contribution is 5.94. The van der Waals surface area contributed by atoms with E-state index in [0.717, 1.165) is 53.3 Å². The standard InChI is InChI=1S/C32H31N3O3/c36-30(15-13-22-8-2-5-11-27(22)34-17-6-1-7-18-34)35-19-16-25-24-9-3-4-10-26(24)33-31(25)32(35)23-12-14-28-29(20-23)38-21-37-28/h2-5,8-15,20,32-33H,1,6-7,16-19,21H2. The molecule has 4 aromatic rings. The number of fused-ring (bicyclic) bond motifs is 4. The van der Waals surface area contributed by atoms with Crippen LogP contribution in [0.5, 0.6) is 11.5 Å². The number of ether oxygens (including phenoxy) is 2. The van der Waals surface area contributed by atoms with Gasteiger partial charge in [0, 0.05) is 48.0 Å². The predicted molar refractivity (Wildman–Crippen MR) is 150 cm³/mol. The highest BCUT2D eigenvalue weighted by Crippen LogP contribution is 2.42. The third kappa shape index (κ3) is 4.01. The largest absolute Gasteiger partial charge is 0.454 e. The van der Waals surface area contributed by atoms with E-state index in [1.54, 1.807) is 6.08 Å². The van der Waals surface area contributed by atoms with E-state index in [2.05, 4.69) is 52.3 Å². The number of aromatic nitrogens is 1. The van der Waals surface area contributed by atoms with Crippen LogP contribution in [-0.2, 0) is 11.2 Å². The van der Waals surface area contributed by atoms with Crippen molar-refractivity contribution in [3.63, 3.8) is 0 Å². The summed E-state index contributed by atoms with van der Waals surface area (Å²) in [5.74, 6) is 1.48. The first-order valence-electron chi connectivity index (χ1n) is 13.6. The van der Waals surface area contributed by atoms with Crippen molar-refractivity contribution in [3.05, 3.63) is 95.2 Å². The van der Waals surface area contributed by atoms with E-state index in [4.69, 9.17) is 9.47 Å². The number of nitrogens with one attached hydrogen (secondary N) is 1. The molecule has 3 aliphatic heterocycles. The lowest BCUT2D eigenvalue weighted by Gasteiger charge is -2.35. The van der Waals surface area contributed by atoms with E-state index >= 15 is 0 Å². The van der Waals surface area contributed by atoms with Crippen LogP contribution < -0.4 is 14.4 Å². The maximum Gasteiger partial charge on any atom is 0.247 e. The molecule has 3 aromatic carbocycles. The monoisotopic (exact) mass is 505 g/mol. The molecule has 1 N–H and O–H groups in total. The second kappa shape index (κ2) is 9.60. The zero-order valence-electron chi connectivity index (χ0n) is 21.4. The van der Waals surface area contributed by atoms with Gasteiger partial charge in [-0.05, 0) is 72.7 Å². The molecular weight excluding hydrogens is 474 g/mol. The topological polar surface area (TPSA) is 57.8 Å². The van der Waals surface area contributed by atoms with E-state index in [0.29, 0.717) is 6.54 Å². The van der Waals surface area contributed by atoms with E-state index in [-0.39, 0.29) is 18.7 Å². The quantitative estimate of drug-likeness (QED) is 0.342. The molecule has 1 aromatic heterocycles. The number of piperidine rings is 1. The number of carbonyl (C=O) groups excluding carboxylic acids is 1. The summed E-state index contributed by atoms with van der Waals surface area (Å²) in [6.45, 7) is 3.01. The molecule has 6 nitrogen and oxygen atoms in total. The van der Waals surface area contributed by atoms with Gasteiger partial charge in [0.2, 0.25) is 12.7 Å². The molecule has 1 amide bonds. The minimum Gasteiger partial charge on any atom is -0.454 e. The van der Waals surface area contributed by atoms with Gasteiger partial charge in [-0.3, -0.25) is 4.79 Å². The van der Waals surface area contributed by atoms with Crippen LogP contribution in [0.25, 0.3) is 17.0 Å². The molecule has 1 unspecified atom stereocenters. The Labute approximate surface area is 222 Å². The number of hydrogen-bond acceptors (Lipinski definition) is 4. The summed E-state index contributed by atoms with van der Waals surface area (Å²) in [7, 11) is 0. The zero-order valence-corrected chi connectivity index (χ0v) is 21.4. The van der Waals surface area contributed by atoms with Gasteiger partial charge >= 0.3 is 0 Å². The van der Waals surface area contributed by atoms with Crippen molar-refractivity contribution >= 4 is 28.6 Å². The first kappa shape index (κ1) is 23.0. The zero-order chi connectivity index (χ0) is 25.5. The normalized spacial score (nSPS) is 18.8. The Morgan fingerprint density at radius 1 is 0.895 bits per heavy atom. The van der Waals surface area contributed by atoms with Crippen LogP contribution >= 0.6 is 0 Å². The smallest absolute Gasteiger partial charge is 0.247 e. The van der Waals surface area contributed by atoms with E-state index in [1.807, 2.05) is 35.2 Å². The number of H-pyrrole nitrogens is 1. The van der Waals surface area contributed by atoms with Crippen LogP contribution in [0, 0.1) is 0 Å². The highest BCUT2D eigenvalue weighted by atomic mass is 16.7. The van der Waals surface area contributed by atoms with Crippen molar-refractivity contribution in [2.75, 3.05) is 31.3 Å². The highest BCUT2D eigenvalue weighted by Gasteiger charge is 2.34. The molecule has 0 radical (unpaired) electrons. The van der Waals surface area contributed by atoms with Crippen molar-refractivity contribution in [1.29, 1.82) is 0 Å². The number of anilines is 1. The van der Waals surface area contributed by atoms with Crippen LogP contribution in [0.2, 0.25) is 0 Å². The molecule has 0 bridgehead atoms. The van der Waals surface area contributed by atoms with Gasteiger partial charge in [-0.15, -0.1) is 0 Å². The summed E-state index contributed by atoms with van der Waals surface area (Å²) in [5, 5.41) is 1.23. The summed E-state index contributed by atoms with van der Waals surface area (Å²) in [5.41, 5.74) is 6.77. The molecule has 1 saturated heterocycles. The number of hydrogen-bond donors (Lipinski definition) is 1. The van der Waals surface area contributed by atoms with E-state index in [1.165, 1.54) is 35.9 Å². The lowest BCUT2D eigenvalue weighted by atomic mass is 9.92. The lowest BCUT2D eigenvalue weighted by molar-refractivity contribution is -0.128. The number of rotatable bonds is 4. The Hall–Kier alpha value is -4.19. The summed E-state index contributed by atoms with van der Waals surface area (Å²) in [6, 6.07) is 22.6. The van der Waals surface area contributed by atoms with Gasteiger partial charge in [-0.2, -0.15) is 0 Å². The Kier molecular flexibility index (Phi) is 5.80. The van der Waals surface area contributed by atoms with Gasteiger partial charge in [0.15, 0.2) is 11.5 Å². The number of amides is 1. The van der Waals surface area contributed by atoms with Gasteiger partial charge in [0.1, 0.15) is 0 Å². The van der Waals surface area contributed by atoms with Crippen molar-refractivity contribution in [2.45, 2.75) is 31.7 Å². The van der Waals surface area contributed by atoms with Crippen molar-refractivity contribution < 1.29 is 14.3 Å². The molecule has 4 heterocycles. The number of nitrogens with zero attached hydrogens (tertiary/aromatic N) is 2. The average Bonchev–Trinajstić information content (AvgIpc) is 3.60. The SMILES string of the molecule is O=C(C=Cc1ccccc1N1CCCCC1)N1CCc2c([nH]c3ccccc23)C1c1ccc2c(c1)OCO2. The van der Waals surface area contributed by atoms with E-state index in [9.17, 15) is 4.79 Å². The van der Waals surface area contributed by atoms with Crippen LogP contribution in [0.3, 0.4) is 0 Å². The lowest BCUT2D eigenvalue weighted by Crippen LogP contribution is -2.39. The minimum atomic E-state index is -0.241. The number of aromatic amines is 1. The third-order valence-corrected chi connectivity index (χ3v) is 8.07. The fraction of sp³-hybridized carbons (Fsp3) is 0.281. The van der Waals surface area contributed by atoms with Crippen LogP contribution in [0.1, 0.15) is 47.7 Å². The Bertz CT molecular complexity index is 1530. The first-order valence-corrected chi connectivity index (χ1v) is 13.6. The van der Waals surface area contributed by atoms with Gasteiger partial charge in [0.25, 0.3) is 0 Å². The van der Waals surface area contributed by atoms with Gasteiger partial charge in [-0.1, -0.05) is 42.5 Å². The second-order valence-corrected chi connectivity index (χ2v) is 10.3. The molecule has 192 valence electrons. The molecular formula is C32H31N3O3. The first-order chi connectivity index (χ1) is 18.8. The molecule has 0 spiro atoms. The number of benzene rings is 3. The maximum atomic E-state index is 13.9. The fourth-order valence-electron chi connectivity index (χ4n) is 6.22. The predicted octanol–water partition coefficient (Wildman–Crippen LogP) is 6.07. The average molecular weight is 506 g/mol. The van der Waals surface area contributed by atoms with Crippen molar-refractivity contribution in [1.82, 2.24) is 9.88 Å². The van der Waals surface area contributed by atoms with Gasteiger partial charge in [-0.25, -0.2) is 0 Å². The summed E-state index contributed by atoms with van der Waals surface area (Å²) >= 11 is 0. The second-order valence-electron chi connectivity index (χ2n) is 10.3. The van der Waals surface area contributed by atoms with Gasteiger partial charge in [0.05, 0.1) is 6.04 Å². The number of carbonyl (C=O) groups is 1. The fourth-order valence-corrected chi connectivity index (χ4v) is 6.22. The maximum absolute atomic E-state index is 13.9. The van der Waals surface area contributed by atoms with Crippen LogP contribution in [0.15, 0.2) is 72.8 Å². The molecule has 7 rings (SSSR count). The van der Waals surface area contributed by atoms with Crippen LogP contribution in [0.4, 0.5) is 5.69 Å². The Morgan fingerprint density at radius 2 is 1.71 bits per heavy atom. The van der Waals surface area contributed by atoms with Crippen LogP contribution in [-0.4, -0.2) is 42.2 Å². The van der Waals surface area contributed by atoms with Crippen molar-refractivity contribution in [2.24, 2.45) is 0 Å². The molecule has 0 aliphatic carbocycles. The molecule has 38 heavy (non-hydrogen) atoms. The van der Waals surface area contributed by atoms with Gasteiger partial charge < -0.3 is 24.3 Å². The summed E-state index contributed by atoms with van der Waals surface area (Å²) in [6.07, 6.45) is 8.27. The van der Waals surface area contributed by atoms with Crippen molar-refractivity contribution in [3.8, 4) is 11.5 Å². The summed E-state index contributed by atoms with van der Waals surface area (Å²) < 4.78 is 11.2. The summed E-state index contributed by atoms with van der Waals surface area (Å²) in [4.78, 5) is 21.9. The number of para-hydroxylation sites is 2.